The summed E-state index contributed by atoms with van der Waals surface area (Å²) < 4.78 is 1.33. The Morgan fingerprint density at radius 3 is 2.69 bits per heavy atom. The fourth-order valence-electron chi connectivity index (χ4n) is 2.55. The van der Waals surface area contributed by atoms with E-state index in [1.54, 1.807) is 0 Å². The zero-order chi connectivity index (χ0) is 11.4. The molecule has 1 aromatic carbocycles. The van der Waals surface area contributed by atoms with Crippen LogP contribution in [0.2, 0.25) is 0 Å². The highest BCUT2D eigenvalue weighted by Gasteiger charge is 2.20. The lowest BCUT2D eigenvalue weighted by Gasteiger charge is -2.35. The summed E-state index contributed by atoms with van der Waals surface area (Å²) in [5, 5.41) is 0. The van der Waals surface area contributed by atoms with E-state index in [0.29, 0.717) is 0 Å². The summed E-state index contributed by atoms with van der Waals surface area (Å²) in [5.74, 6) is 0. The van der Waals surface area contributed by atoms with E-state index in [9.17, 15) is 0 Å². The molecule has 0 radical (unpaired) electrons. The molecule has 1 atom stereocenters. The van der Waals surface area contributed by atoms with Crippen LogP contribution in [-0.4, -0.2) is 17.5 Å². The second kappa shape index (κ2) is 6.01. The highest BCUT2D eigenvalue weighted by molar-refractivity contribution is 14.1. The fourth-order valence-corrected chi connectivity index (χ4v) is 2.91. The van der Waals surface area contributed by atoms with Gasteiger partial charge in [-0.25, -0.2) is 0 Å². The van der Waals surface area contributed by atoms with Crippen LogP contribution in [0.4, 0.5) is 0 Å². The number of rotatable bonds is 3. The lowest BCUT2D eigenvalue weighted by molar-refractivity contribution is 0.136. The van der Waals surface area contributed by atoms with Gasteiger partial charge in [0, 0.05) is 16.2 Å². The minimum atomic E-state index is 0.813. The maximum Gasteiger partial charge on any atom is 0.0236 e. The molecule has 0 bridgehead atoms. The van der Waals surface area contributed by atoms with E-state index in [1.807, 2.05) is 0 Å². The predicted octanol–water partition coefficient (Wildman–Crippen LogP) is 4.06. The van der Waals surface area contributed by atoms with Gasteiger partial charge in [-0.3, -0.25) is 4.90 Å². The predicted molar refractivity (Wildman–Crippen MR) is 77.5 cm³/mol. The van der Waals surface area contributed by atoms with Gasteiger partial charge in [0.05, 0.1) is 0 Å². The zero-order valence-corrected chi connectivity index (χ0v) is 12.1. The molecule has 1 aliphatic heterocycles. The van der Waals surface area contributed by atoms with E-state index in [2.05, 4.69) is 58.7 Å². The molecule has 0 spiro atoms. The van der Waals surface area contributed by atoms with Gasteiger partial charge in [0.1, 0.15) is 0 Å². The largest absolute Gasteiger partial charge is 0.296 e. The Labute approximate surface area is 112 Å². The van der Waals surface area contributed by atoms with Gasteiger partial charge in [-0.1, -0.05) is 25.5 Å². The summed E-state index contributed by atoms with van der Waals surface area (Å²) in [6.07, 6.45) is 5.48. The molecule has 16 heavy (non-hydrogen) atoms. The molecule has 0 saturated carbocycles. The summed E-state index contributed by atoms with van der Waals surface area (Å²) in [7, 11) is 0. The third-order valence-electron chi connectivity index (χ3n) is 3.52. The summed E-state index contributed by atoms with van der Waals surface area (Å²) in [4.78, 5) is 2.66. The first kappa shape index (κ1) is 12.4. The molecule has 0 aromatic heterocycles. The zero-order valence-electron chi connectivity index (χ0n) is 9.95. The standard InChI is InChI=1S/C14H20IN/c1-2-14-5-3-4-10-16(14)11-12-6-8-13(15)9-7-12/h6-9,14H,2-5,10-11H2,1H3. The van der Waals surface area contributed by atoms with E-state index >= 15 is 0 Å². The molecule has 0 aliphatic carbocycles. The lowest BCUT2D eigenvalue weighted by Crippen LogP contribution is -2.38. The van der Waals surface area contributed by atoms with Crippen LogP contribution < -0.4 is 0 Å². The molecule has 1 aromatic rings. The van der Waals surface area contributed by atoms with Gasteiger partial charge in [0.15, 0.2) is 0 Å². The Kier molecular flexibility index (Phi) is 4.65. The Morgan fingerprint density at radius 1 is 1.25 bits per heavy atom. The Bertz CT molecular complexity index is 320. The third kappa shape index (κ3) is 3.20. The highest BCUT2D eigenvalue weighted by atomic mass is 127. The van der Waals surface area contributed by atoms with Crippen LogP contribution in [0.25, 0.3) is 0 Å². The monoisotopic (exact) mass is 329 g/mol. The van der Waals surface area contributed by atoms with Crippen molar-refractivity contribution in [3.05, 3.63) is 33.4 Å². The van der Waals surface area contributed by atoms with Crippen molar-refractivity contribution in [3.8, 4) is 0 Å². The lowest BCUT2D eigenvalue weighted by atomic mass is 9.99. The first-order valence-electron chi connectivity index (χ1n) is 6.28. The summed E-state index contributed by atoms with van der Waals surface area (Å²) in [6, 6.07) is 9.77. The van der Waals surface area contributed by atoms with Crippen molar-refractivity contribution in [2.75, 3.05) is 6.54 Å². The van der Waals surface area contributed by atoms with Crippen molar-refractivity contribution < 1.29 is 0 Å². The summed E-state index contributed by atoms with van der Waals surface area (Å²) in [5.41, 5.74) is 1.46. The Hall–Kier alpha value is -0.0900. The van der Waals surface area contributed by atoms with E-state index in [0.717, 1.165) is 12.6 Å². The van der Waals surface area contributed by atoms with Crippen molar-refractivity contribution in [2.45, 2.75) is 45.2 Å². The van der Waals surface area contributed by atoms with E-state index < -0.39 is 0 Å². The smallest absolute Gasteiger partial charge is 0.0236 e. The maximum absolute atomic E-state index is 2.66. The van der Waals surface area contributed by atoms with Gasteiger partial charge < -0.3 is 0 Å². The maximum atomic E-state index is 2.66. The first-order valence-corrected chi connectivity index (χ1v) is 7.36. The molecule has 2 heteroatoms. The van der Waals surface area contributed by atoms with Crippen molar-refractivity contribution in [2.24, 2.45) is 0 Å². The number of halogens is 1. The van der Waals surface area contributed by atoms with Gasteiger partial charge in [0.2, 0.25) is 0 Å². The number of hydrogen-bond acceptors (Lipinski definition) is 1. The molecule has 1 nitrogen and oxygen atoms in total. The van der Waals surface area contributed by atoms with Gasteiger partial charge in [0.25, 0.3) is 0 Å². The number of piperidine rings is 1. The Morgan fingerprint density at radius 2 is 2.00 bits per heavy atom. The van der Waals surface area contributed by atoms with Gasteiger partial charge >= 0.3 is 0 Å². The second-order valence-electron chi connectivity index (χ2n) is 4.65. The number of hydrogen-bond donors (Lipinski definition) is 0. The molecule has 2 rings (SSSR count). The van der Waals surface area contributed by atoms with Crippen LogP contribution in [0.3, 0.4) is 0 Å². The molecule has 1 unspecified atom stereocenters. The normalized spacial score (nSPS) is 22.2. The van der Waals surface area contributed by atoms with Gasteiger partial charge in [-0.15, -0.1) is 0 Å². The van der Waals surface area contributed by atoms with Crippen LogP contribution in [-0.2, 0) is 6.54 Å². The molecule has 1 aliphatic rings. The van der Waals surface area contributed by atoms with Crippen LogP contribution in [0.5, 0.6) is 0 Å². The third-order valence-corrected chi connectivity index (χ3v) is 4.24. The average molecular weight is 329 g/mol. The van der Waals surface area contributed by atoms with Crippen LogP contribution in [0.15, 0.2) is 24.3 Å². The molecule has 1 fully saturated rings. The van der Waals surface area contributed by atoms with Crippen molar-refractivity contribution in [3.63, 3.8) is 0 Å². The van der Waals surface area contributed by atoms with Gasteiger partial charge in [-0.2, -0.15) is 0 Å². The number of nitrogens with zero attached hydrogens (tertiary/aromatic N) is 1. The van der Waals surface area contributed by atoms with Crippen molar-refractivity contribution >= 4 is 22.6 Å². The van der Waals surface area contributed by atoms with Crippen molar-refractivity contribution in [1.29, 1.82) is 0 Å². The van der Waals surface area contributed by atoms with Crippen LogP contribution >= 0.6 is 22.6 Å². The molecule has 1 heterocycles. The summed E-state index contributed by atoms with van der Waals surface area (Å²) >= 11 is 2.37. The highest BCUT2D eigenvalue weighted by Crippen LogP contribution is 2.21. The van der Waals surface area contributed by atoms with Gasteiger partial charge in [-0.05, 0) is 66.1 Å². The van der Waals surface area contributed by atoms with Crippen LogP contribution in [0.1, 0.15) is 38.2 Å². The quantitative estimate of drug-likeness (QED) is 0.756. The van der Waals surface area contributed by atoms with E-state index in [1.165, 1.54) is 41.4 Å². The average Bonchev–Trinajstić information content (AvgIpc) is 2.33. The van der Waals surface area contributed by atoms with Crippen LogP contribution in [0, 0.1) is 3.57 Å². The second-order valence-corrected chi connectivity index (χ2v) is 5.90. The summed E-state index contributed by atoms with van der Waals surface area (Å²) in [6.45, 7) is 4.73. The molecular formula is C14H20IN. The minimum absolute atomic E-state index is 0.813. The first-order chi connectivity index (χ1) is 7.79. The van der Waals surface area contributed by atoms with E-state index in [4.69, 9.17) is 0 Å². The topological polar surface area (TPSA) is 3.24 Å². The Balaban J connectivity index is 1.99. The minimum Gasteiger partial charge on any atom is -0.296 e. The number of likely N-dealkylation sites (tertiary alicyclic amines) is 1. The molecule has 0 amide bonds. The molecular weight excluding hydrogens is 309 g/mol. The SMILES string of the molecule is CCC1CCCCN1Cc1ccc(I)cc1. The van der Waals surface area contributed by atoms with E-state index in [-0.39, 0.29) is 0 Å². The number of benzene rings is 1. The van der Waals surface area contributed by atoms with Crippen molar-refractivity contribution in [1.82, 2.24) is 4.90 Å². The molecule has 88 valence electrons. The molecule has 1 saturated heterocycles. The fraction of sp³-hybridized carbons (Fsp3) is 0.571. The molecule has 0 N–H and O–H groups in total.